The molecular formula is C72H48N6O6. The van der Waals surface area contributed by atoms with Crippen LogP contribution in [0, 0.1) is 0 Å². The van der Waals surface area contributed by atoms with Gasteiger partial charge in [-0.2, -0.15) is 0 Å². The van der Waals surface area contributed by atoms with Crippen molar-refractivity contribution in [2.75, 3.05) is 21.1 Å². The van der Waals surface area contributed by atoms with Crippen molar-refractivity contribution in [3.63, 3.8) is 0 Å². The molecule has 402 valence electrons. The van der Waals surface area contributed by atoms with Crippen LogP contribution in [0.1, 0.15) is 62.1 Å². The van der Waals surface area contributed by atoms with Crippen molar-refractivity contribution in [1.29, 1.82) is 0 Å². The van der Waals surface area contributed by atoms with Crippen LogP contribution in [-0.4, -0.2) is 86.2 Å². The number of benzene rings is 9. The summed E-state index contributed by atoms with van der Waals surface area (Å²) in [6.07, 6.45) is 8.93. The maximum absolute atomic E-state index is 12.6. The van der Waals surface area contributed by atoms with E-state index in [0.717, 1.165) is 99.2 Å². The Morgan fingerprint density at radius 3 is 0.964 bits per heavy atom. The lowest BCUT2D eigenvalue weighted by Crippen LogP contribution is -2.36. The van der Waals surface area contributed by atoms with Gasteiger partial charge in [-0.3, -0.25) is 58.4 Å². The van der Waals surface area contributed by atoms with Crippen molar-refractivity contribution >= 4 is 67.8 Å². The van der Waals surface area contributed by atoms with Gasteiger partial charge in [0.25, 0.3) is 35.4 Å². The molecule has 0 aliphatic carbocycles. The zero-order valence-corrected chi connectivity index (χ0v) is 45.6. The van der Waals surface area contributed by atoms with Crippen molar-refractivity contribution in [2.45, 2.75) is 0 Å². The molecule has 12 heteroatoms. The molecule has 0 radical (unpaired) electrons. The van der Waals surface area contributed by atoms with Crippen LogP contribution in [0.5, 0.6) is 0 Å². The Morgan fingerprint density at radius 1 is 0.250 bits per heavy atom. The van der Waals surface area contributed by atoms with Crippen LogP contribution in [-0.2, 0) is 0 Å². The second kappa shape index (κ2) is 21.3. The number of carbonyl (C=O) groups excluding carboxylic acids is 6. The number of rotatable bonds is 6. The second-order valence-electron chi connectivity index (χ2n) is 20.6. The number of hydrogen-bond donors (Lipinski definition) is 0. The van der Waals surface area contributed by atoms with E-state index in [9.17, 15) is 28.8 Å². The van der Waals surface area contributed by atoms with Gasteiger partial charge in [-0.25, -0.2) is 0 Å². The quantitative estimate of drug-likeness (QED) is 0.148. The molecule has 0 unspecified atom stereocenters. The maximum Gasteiger partial charge on any atom is 0.261 e. The zero-order chi connectivity index (χ0) is 57.8. The summed E-state index contributed by atoms with van der Waals surface area (Å²) in [6, 6.07) is 66.7. The van der Waals surface area contributed by atoms with Crippen molar-refractivity contribution in [3.05, 3.63) is 271 Å². The Morgan fingerprint density at radius 2 is 0.595 bits per heavy atom. The first kappa shape index (κ1) is 52.0. The first-order valence-electron chi connectivity index (χ1n) is 27.1. The summed E-state index contributed by atoms with van der Waals surface area (Å²) in [6.45, 7) is 0. The van der Waals surface area contributed by atoms with Crippen LogP contribution in [0.3, 0.4) is 0 Å². The van der Waals surface area contributed by atoms with Crippen LogP contribution in [0.15, 0.2) is 237 Å². The Kier molecular flexibility index (Phi) is 13.2. The highest BCUT2D eigenvalue weighted by Crippen LogP contribution is 2.40. The van der Waals surface area contributed by atoms with E-state index in [-0.39, 0.29) is 35.4 Å². The SMILES string of the molecule is CN1C(=O)c2cccc3c(-c4ccc(-c5ccccn5)cc4)ccc(c23)C1=O.CN1C(=O)c2cccc3c(-c4ccc(-c5cccnc5)cc4)ccc(c23)C1=O.CN1C(=O)c2cccc3c(-c4ccc(-c5ccncc5)cc4)ccc(c23)C1=O. The van der Waals surface area contributed by atoms with Crippen LogP contribution >= 0.6 is 0 Å². The van der Waals surface area contributed by atoms with Crippen LogP contribution < -0.4 is 0 Å². The minimum absolute atomic E-state index is 0.256. The standard InChI is InChI=1S/3C24H16N2O2/c1-26-23(27)20-6-2-5-19-18(11-12-21(22(19)20)24(26)28)16-9-7-15(8-10-16)17-4-3-13-25-14-17;1-26-23(27)19-6-4-5-18-17(12-13-20(22(18)19)24(26)28)15-8-10-16(11-9-15)21-7-2-3-14-25-21;1-26-23(27)20-4-2-3-19-18(9-10-21(22(19)20)24(26)28)17-7-5-15(6-8-17)16-11-13-25-14-12-16/h3*2-14H,1H3. The molecule has 6 heterocycles. The number of imide groups is 3. The molecular weight excluding hydrogens is 1040 g/mol. The van der Waals surface area contributed by atoms with Gasteiger partial charge in [0, 0.05) is 107 Å². The largest absolute Gasteiger partial charge is 0.277 e. The molecule has 12 aromatic rings. The normalized spacial score (nSPS) is 13.2. The molecule has 12 nitrogen and oxygen atoms in total. The topological polar surface area (TPSA) is 151 Å². The smallest absolute Gasteiger partial charge is 0.261 e. The van der Waals surface area contributed by atoms with E-state index < -0.39 is 0 Å². The third kappa shape index (κ3) is 8.95. The molecule has 0 atom stereocenters. The molecule has 15 rings (SSSR count). The molecule has 3 aliphatic heterocycles. The maximum atomic E-state index is 12.6. The Bertz CT molecular complexity index is 4140. The van der Waals surface area contributed by atoms with E-state index in [1.54, 1.807) is 43.0 Å². The third-order valence-electron chi connectivity index (χ3n) is 15.9. The predicted octanol–water partition coefficient (Wildman–Crippen LogP) is 14.4. The van der Waals surface area contributed by atoms with Gasteiger partial charge < -0.3 is 0 Å². The molecule has 0 fully saturated rings. The van der Waals surface area contributed by atoms with Gasteiger partial charge >= 0.3 is 0 Å². The fourth-order valence-corrected chi connectivity index (χ4v) is 11.5. The Labute approximate surface area is 482 Å². The molecule has 84 heavy (non-hydrogen) atoms. The summed E-state index contributed by atoms with van der Waals surface area (Å²) >= 11 is 0. The highest BCUT2D eigenvalue weighted by atomic mass is 16.2. The van der Waals surface area contributed by atoms with Gasteiger partial charge in [0.2, 0.25) is 0 Å². The van der Waals surface area contributed by atoms with Crippen molar-refractivity contribution in [3.8, 4) is 66.9 Å². The average molecular weight is 1090 g/mol. The monoisotopic (exact) mass is 1090 g/mol. The molecule has 0 spiro atoms. The van der Waals surface area contributed by atoms with E-state index in [1.807, 2.05) is 146 Å². The van der Waals surface area contributed by atoms with Gasteiger partial charge in [-0.05, 0) is 139 Å². The first-order chi connectivity index (χ1) is 40.9. The Balaban J connectivity index is 0.000000118. The number of aromatic nitrogens is 3. The number of nitrogens with zero attached hydrogens (tertiary/aromatic N) is 6. The van der Waals surface area contributed by atoms with Gasteiger partial charge in [0.05, 0.1) is 5.69 Å². The third-order valence-corrected chi connectivity index (χ3v) is 15.9. The van der Waals surface area contributed by atoms with Gasteiger partial charge in [0.1, 0.15) is 0 Å². The lowest BCUT2D eigenvalue weighted by molar-refractivity contribution is 0.0635. The van der Waals surface area contributed by atoms with Crippen LogP contribution in [0.4, 0.5) is 0 Å². The lowest BCUT2D eigenvalue weighted by atomic mass is 9.89. The molecule has 3 aliphatic rings. The summed E-state index contributed by atoms with van der Waals surface area (Å²) < 4.78 is 0. The number of hydrogen-bond acceptors (Lipinski definition) is 9. The van der Waals surface area contributed by atoms with Crippen molar-refractivity contribution < 1.29 is 28.8 Å². The molecule has 0 saturated heterocycles. The van der Waals surface area contributed by atoms with E-state index in [2.05, 4.69) is 63.5 Å². The van der Waals surface area contributed by atoms with E-state index in [1.165, 1.54) is 35.8 Å². The summed E-state index contributed by atoms with van der Waals surface area (Å²) in [5.74, 6) is -1.54. The highest BCUT2D eigenvalue weighted by Gasteiger charge is 2.33. The molecule has 0 N–H and O–H groups in total. The highest BCUT2D eigenvalue weighted by molar-refractivity contribution is 6.29. The summed E-state index contributed by atoms with van der Waals surface area (Å²) in [5, 5.41) is 4.97. The fraction of sp³-hybridized carbons (Fsp3) is 0.0417. The van der Waals surface area contributed by atoms with Gasteiger partial charge in [-0.15, -0.1) is 0 Å². The zero-order valence-electron chi connectivity index (χ0n) is 45.6. The van der Waals surface area contributed by atoms with Gasteiger partial charge in [0.15, 0.2) is 0 Å². The molecule has 9 aromatic carbocycles. The number of amides is 6. The van der Waals surface area contributed by atoms with Crippen molar-refractivity contribution in [1.82, 2.24) is 29.7 Å². The van der Waals surface area contributed by atoms with Gasteiger partial charge in [-0.1, -0.05) is 140 Å². The number of carbonyl (C=O) groups is 6. The van der Waals surface area contributed by atoms with E-state index >= 15 is 0 Å². The van der Waals surface area contributed by atoms with Crippen LogP contribution in [0.2, 0.25) is 0 Å². The van der Waals surface area contributed by atoms with E-state index in [4.69, 9.17) is 0 Å². The first-order valence-corrected chi connectivity index (χ1v) is 27.1. The molecule has 6 amide bonds. The minimum Gasteiger partial charge on any atom is -0.277 e. The minimum atomic E-state index is -0.259. The summed E-state index contributed by atoms with van der Waals surface area (Å²) in [7, 11) is 4.58. The van der Waals surface area contributed by atoms with Crippen molar-refractivity contribution in [2.24, 2.45) is 0 Å². The molecule has 0 bridgehead atoms. The van der Waals surface area contributed by atoms with E-state index in [0.29, 0.717) is 33.4 Å². The molecule has 3 aromatic heterocycles. The second-order valence-corrected chi connectivity index (χ2v) is 20.6. The Hall–Kier alpha value is -11.4. The molecule has 0 saturated carbocycles. The lowest BCUT2D eigenvalue weighted by Gasteiger charge is -2.24. The summed E-state index contributed by atoms with van der Waals surface area (Å²) in [4.78, 5) is 91.5. The number of pyridine rings is 3. The average Bonchev–Trinajstić information content (AvgIpc) is 2.30. The summed E-state index contributed by atoms with van der Waals surface area (Å²) in [5.41, 5.74) is 15.9. The predicted molar refractivity (Wildman–Crippen MR) is 327 cm³/mol. The van der Waals surface area contributed by atoms with Crippen LogP contribution in [0.25, 0.3) is 99.2 Å². The fourth-order valence-electron chi connectivity index (χ4n) is 11.5.